The minimum absolute atomic E-state index is 0.0781. The number of aromatic amines is 1. The van der Waals surface area contributed by atoms with Crippen molar-refractivity contribution >= 4 is 15.9 Å². The SMILES string of the molecule is C[C@H](N)c1[nH]ccc1Br. The smallest absolute Gasteiger partial charge is 0.0459 e. The van der Waals surface area contributed by atoms with Crippen molar-refractivity contribution in [2.24, 2.45) is 5.73 Å². The fourth-order valence-corrected chi connectivity index (χ4v) is 1.32. The van der Waals surface area contributed by atoms with Crippen LogP contribution in [0.5, 0.6) is 0 Å². The maximum atomic E-state index is 5.60. The Kier molecular flexibility index (Phi) is 1.93. The van der Waals surface area contributed by atoms with E-state index in [1.54, 1.807) is 0 Å². The van der Waals surface area contributed by atoms with Crippen LogP contribution in [0.2, 0.25) is 0 Å². The Balaban J connectivity index is 2.94. The molecule has 0 bridgehead atoms. The van der Waals surface area contributed by atoms with E-state index in [2.05, 4.69) is 20.9 Å². The van der Waals surface area contributed by atoms with Crippen LogP contribution in [0.3, 0.4) is 0 Å². The minimum Gasteiger partial charge on any atom is -0.363 e. The maximum Gasteiger partial charge on any atom is 0.0459 e. The lowest BCUT2D eigenvalue weighted by atomic mass is 10.3. The van der Waals surface area contributed by atoms with Crippen LogP contribution >= 0.6 is 15.9 Å². The van der Waals surface area contributed by atoms with Crippen molar-refractivity contribution in [1.29, 1.82) is 0 Å². The van der Waals surface area contributed by atoms with Gasteiger partial charge in [0.1, 0.15) is 0 Å². The molecule has 0 aliphatic carbocycles. The predicted octanol–water partition coefficient (Wildman–Crippen LogP) is 1.80. The van der Waals surface area contributed by atoms with Gasteiger partial charge in [-0.1, -0.05) is 0 Å². The van der Waals surface area contributed by atoms with E-state index in [0.29, 0.717) is 0 Å². The van der Waals surface area contributed by atoms with E-state index in [-0.39, 0.29) is 6.04 Å². The number of rotatable bonds is 1. The Morgan fingerprint density at radius 3 is 2.67 bits per heavy atom. The monoisotopic (exact) mass is 188 g/mol. The molecular formula is C6H9BrN2. The van der Waals surface area contributed by atoms with Crippen LogP contribution in [0.25, 0.3) is 0 Å². The molecule has 0 saturated carbocycles. The van der Waals surface area contributed by atoms with Gasteiger partial charge in [-0.3, -0.25) is 0 Å². The van der Waals surface area contributed by atoms with E-state index >= 15 is 0 Å². The maximum absolute atomic E-state index is 5.60. The van der Waals surface area contributed by atoms with Gasteiger partial charge in [0.05, 0.1) is 0 Å². The summed E-state index contributed by atoms with van der Waals surface area (Å²) in [7, 11) is 0. The van der Waals surface area contributed by atoms with E-state index in [4.69, 9.17) is 5.73 Å². The third-order valence-electron chi connectivity index (χ3n) is 1.18. The third kappa shape index (κ3) is 1.34. The largest absolute Gasteiger partial charge is 0.363 e. The molecule has 0 spiro atoms. The van der Waals surface area contributed by atoms with Gasteiger partial charge in [0, 0.05) is 22.4 Å². The molecule has 1 aromatic rings. The lowest BCUT2D eigenvalue weighted by molar-refractivity contribution is 0.785. The summed E-state index contributed by atoms with van der Waals surface area (Å²) in [6.07, 6.45) is 1.86. The quantitative estimate of drug-likeness (QED) is 0.694. The third-order valence-corrected chi connectivity index (χ3v) is 1.87. The highest BCUT2D eigenvalue weighted by Gasteiger charge is 2.03. The lowest BCUT2D eigenvalue weighted by Crippen LogP contribution is -2.05. The van der Waals surface area contributed by atoms with Crippen LogP contribution in [-0.2, 0) is 0 Å². The standard InChI is InChI=1S/C6H9BrN2/c1-4(8)6-5(7)2-3-9-6/h2-4,9H,8H2,1H3/t4-/m0/s1. The number of hydrogen-bond donors (Lipinski definition) is 2. The molecule has 0 aromatic carbocycles. The molecule has 1 rings (SSSR count). The molecule has 3 N–H and O–H groups in total. The first-order chi connectivity index (χ1) is 4.22. The molecule has 2 nitrogen and oxygen atoms in total. The lowest BCUT2D eigenvalue weighted by Gasteiger charge is -2.00. The number of nitrogens with one attached hydrogen (secondary N) is 1. The van der Waals surface area contributed by atoms with Crippen molar-refractivity contribution in [3.8, 4) is 0 Å². The van der Waals surface area contributed by atoms with Gasteiger partial charge in [-0.05, 0) is 28.9 Å². The Morgan fingerprint density at radius 1 is 1.78 bits per heavy atom. The number of nitrogens with two attached hydrogens (primary N) is 1. The molecule has 0 fully saturated rings. The summed E-state index contributed by atoms with van der Waals surface area (Å²) in [5.41, 5.74) is 6.65. The second-order valence-corrected chi connectivity index (χ2v) is 2.88. The summed E-state index contributed by atoms with van der Waals surface area (Å²) in [6, 6.07) is 2.02. The zero-order valence-electron chi connectivity index (χ0n) is 5.19. The first kappa shape index (κ1) is 6.83. The highest BCUT2D eigenvalue weighted by molar-refractivity contribution is 9.10. The fourth-order valence-electron chi connectivity index (χ4n) is 0.712. The first-order valence-corrected chi connectivity index (χ1v) is 3.59. The van der Waals surface area contributed by atoms with Crippen molar-refractivity contribution in [2.75, 3.05) is 0 Å². The van der Waals surface area contributed by atoms with Crippen molar-refractivity contribution in [3.05, 3.63) is 22.4 Å². The van der Waals surface area contributed by atoms with Gasteiger partial charge >= 0.3 is 0 Å². The number of halogens is 1. The van der Waals surface area contributed by atoms with Crippen LogP contribution in [-0.4, -0.2) is 4.98 Å². The molecule has 3 heteroatoms. The van der Waals surface area contributed by atoms with Gasteiger partial charge in [-0.15, -0.1) is 0 Å². The molecule has 0 unspecified atom stereocenters. The molecule has 1 aromatic heterocycles. The minimum atomic E-state index is 0.0781. The Morgan fingerprint density at radius 2 is 2.44 bits per heavy atom. The molecule has 0 aliphatic heterocycles. The van der Waals surface area contributed by atoms with E-state index in [1.165, 1.54) is 0 Å². The van der Waals surface area contributed by atoms with E-state index in [0.717, 1.165) is 10.2 Å². The second kappa shape index (κ2) is 2.54. The van der Waals surface area contributed by atoms with Gasteiger partial charge in [0.2, 0.25) is 0 Å². The highest BCUT2D eigenvalue weighted by Crippen LogP contribution is 2.18. The van der Waals surface area contributed by atoms with E-state index < -0.39 is 0 Å². The van der Waals surface area contributed by atoms with Gasteiger partial charge < -0.3 is 10.7 Å². The molecular weight excluding hydrogens is 180 g/mol. The fraction of sp³-hybridized carbons (Fsp3) is 0.333. The molecule has 9 heavy (non-hydrogen) atoms. The van der Waals surface area contributed by atoms with Crippen molar-refractivity contribution in [3.63, 3.8) is 0 Å². The molecule has 0 aliphatic rings. The van der Waals surface area contributed by atoms with Gasteiger partial charge in [-0.25, -0.2) is 0 Å². The van der Waals surface area contributed by atoms with Crippen LogP contribution in [0.15, 0.2) is 16.7 Å². The molecule has 1 atom stereocenters. The number of hydrogen-bond acceptors (Lipinski definition) is 1. The van der Waals surface area contributed by atoms with Gasteiger partial charge in [0.25, 0.3) is 0 Å². The van der Waals surface area contributed by atoms with E-state index in [9.17, 15) is 0 Å². The zero-order valence-corrected chi connectivity index (χ0v) is 6.77. The normalized spacial score (nSPS) is 13.7. The summed E-state index contributed by atoms with van der Waals surface area (Å²) >= 11 is 3.36. The predicted molar refractivity (Wildman–Crippen MR) is 41.1 cm³/mol. The average Bonchev–Trinajstić information content (AvgIpc) is 2.13. The Labute approximate surface area is 62.6 Å². The molecule has 1 heterocycles. The Bertz CT molecular complexity index is 193. The van der Waals surface area contributed by atoms with E-state index in [1.807, 2.05) is 19.2 Å². The van der Waals surface area contributed by atoms with Gasteiger partial charge in [0.15, 0.2) is 0 Å². The Hall–Kier alpha value is -0.280. The molecule has 0 radical (unpaired) electrons. The summed E-state index contributed by atoms with van der Waals surface area (Å²) in [5, 5.41) is 0. The topological polar surface area (TPSA) is 41.8 Å². The second-order valence-electron chi connectivity index (χ2n) is 2.03. The molecule has 0 saturated heterocycles. The summed E-state index contributed by atoms with van der Waals surface area (Å²) < 4.78 is 1.05. The van der Waals surface area contributed by atoms with Gasteiger partial charge in [-0.2, -0.15) is 0 Å². The van der Waals surface area contributed by atoms with Crippen molar-refractivity contribution in [1.82, 2.24) is 4.98 Å². The van der Waals surface area contributed by atoms with Crippen molar-refractivity contribution in [2.45, 2.75) is 13.0 Å². The highest BCUT2D eigenvalue weighted by atomic mass is 79.9. The van der Waals surface area contributed by atoms with Crippen molar-refractivity contribution < 1.29 is 0 Å². The summed E-state index contributed by atoms with van der Waals surface area (Å²) in [6.45, 7) is 1.94. The molecule has 50 valence electrons. The van der Waals surface area contributed by atoms with Crippen LogP contribution in [0, 0.1) is 0 Å². The zero-order chi connectivity index (χ0) is 6.85. The number of H-pyrrole nitrogens is 1. The van der Waals surface area contributed by atoms with Crippen LogP contribution < -0.4 is 5.73 Å². The molecule has 0 amide bonds. The van der Waals surface area contributed by atoms with Crippen LogP contribution in [0.1, 0.15) is 18.7 Å². The van der Waals surface area contributed by atoms with Crippen LogP contribution in [0.4, 0.5) is 0 Å². The first-order valence-electron chi connectivity index (χ1n) is 2.80. The summed E-state index contributed by atoms with van der Waals surface area (Å²) in [5.74, 6) is 0. The summed E-state index contributed by atoms with van der Waals surface area (Å²) in [4.78, 5) is 3.03. The average molecular weight is 189 g/mol. The number of aromatic nitrogens is 1.